The maximum atomic E-state index is 10.7. The summed E-state index contributed by atoms with van der Waals surface area (Å²) in [5, 5.41) is 10.7. The third-order valence-corrected chi connectivity index (χ3v) is 4.39. The SMILES string of the molecule is Oc1ccc(-c2ccccc2)c(-c2ccccc2)c1-c1ccccc1.[Al]. The molecular formula is C24H18AlO. The van der Waals surface area contributed by atoms with E-state index in [1.54, 1.807) is 6.07 Å². The topological polar surface area (TPSA) is 20.2 Å². The smallest absolute Gasteiger partial charge is 0.124 e. The van der Waals surface area contributed by atoms with Gasteiger partial charge in [-0.1, -0.05) is 97.1 Å². The van der Waals surface area contributed by atoms with E-state index in [2.05, 4.69) is 24.3 Å². The molecule has 0 aliphatic carbocycles. The van der Waals surface area contributed by atoms with Crippen molar-refractivity contribution in [1.82, 2.24) is 0 Å². The molecule has 0 aliphatic heterocycles. The molecule has 0 unspecified atom stereocenters. The van der Waals surface area contributed by atoms with Crippen LogP contribution in [0, 0.1) is 0 Å². The van der Waals surface area contributed by atoms with E-state index in [0.717, 1.165) is 33.4 Å². The van der Waals surface area contributed by atoms with Gasteiger partial charge in [0.15, 0.2) is 0 Å². The van der Waals surface area contributed by atoms with Gasteiger partial charge in [-0.2, -0.15) is 0 Å². The highest BCUT2D eigenvalue weighted by molar-refractivity contribution is 5.97. The van der Waals surface area contributed by atoms with Gasteiger partial charge in [-0.15, -0.1) is 0 Å². The lowest BCUT2D eigenvalue weighted by Crippen LogP contribution is -1.91. The fourth-order valence-corrected chi connectivity index (χ4v) is 3.25. The fraction of sp³-hybridized carbons (Fsp3) is 0. The molecule has 0 bridgehead atoms. The normalized spacial score (nSPS) is 10.2. The monoisotopic (exact) mass is 349 g/mol. The Morgan fingerprint density at radius 3 is 1.35 bits per heavy atom. The summed E-state index contributed by atoms with van der Waals surface area (Å²) in [4.78, 5) is 0. The molecule has 123 valence electrons. The zero-order valence-corrected chi connectivity index (χ0v) is 15.5. The molecule has 0 saturated carbocycles. The lowest BCUT2D eigenvalue weighted by atomic mass is 9.87. The zero-order valence-electron chi connectivity index (χ0n) is 14.3. The van der Waals surface area contributed by atoms with Crippen molar-refractivity contribution >= 4 is 17.4 Å². The van der Waals surface area contributed by atoms with Crippen LogP contribution in [0.4, 0.5) is 0 Å². The second-order valence-electron chi connectivity index (χ2n) is 5.98. The van der Waals surface area contributed by atoms with E-state index in [0.29, 0.717) is 5.75 Å². The maximum absolute atomic E-state index is 10.7. The molecule has 1 nitrogen and oxygen atoms in total. The van der Waals surface area contributed by atoms with Crippen molar-refractivity contribution in [2.24, 2.45) is 0 Å². The number of phenolic OH excluding ortho intramolecular Hbond substituents is 1. The molecule has 1 N–H and O–H groups in total. The zero-order chi connectivity index (χ0) is 17.1. The van der Waals surface area contributed by atoms with Gasteiger partial charge in [-0.25, -0.2) is 0 Å². The van der Waals surface area contributed by atoms with Crippen LogP contribution in [-0.2, 0) is 0 Å². The van der Waals surface area contributed by atoms with E-state index < -0.39 is 0 Å². The standard InChI is InChI=1S/C24H18O.Al/c25-22-17-16-21(18-10-4-1-5-11-18)23(19-12-6-2-7-13-19)24(22)20-14-8-3-9-15-20;/h1-17,25H;. The predicted octanol–water partition coefficient (Wildman–Crippen LogP) is 6.01. The van der Waals surface area contributed by atoms with E-state index in [1.807, 2.05) is 72.8 Å². The van der Waals surface area contributed by atoms with Crippen LogP contribution >= 0.6 is 0 Å². The van der Waals surface area contributed by atoms with Gasteiger partial charge in [0.1, 0.15) is 5.75 Å². The number of aromatic hydroxyl groups is 1. The quantitative estimate of drug-likeness (QED) is 0.449. The highest BCUT2D eigenvalue weighted by Gasteiger charge is 2.17. The summed E-state index contributed by atoms with van der Waals surface area (Å²) in [6, 6.07) is 34.4. The maximum Gasteiger partial charge on any atom is 0.124 e. The summed E-state index contributed by atoms with van der Waals surface area (Å²) in [5.74, 6) is 0.296. The summed E-state index contributed by atoms with van der Waals surface area (Å²) >= 11 is 0. The van der Waals surface area contributed by atoms with Crippen LogP contribution in [0.3, 0.4) is 0 Å². The molecule has 0 aromatic heterocycles. The summed E-state index contributed by atoms with van der Waals surface area (Å²) in [6.45, 7) is 0. The molecule has 2 heteroatoms. The first-order valence-electron chi connectivity index (χ1n) is 8.37. The summed E-state index contributed by atoms with van der Waals surface area (Å²) < 4.78 is 0. The molecule has 0 amide bonds. The third kappa shape index (κ3) is 3.44. The van der Waals surface area contributed by atoms with Crippen LogP contribution < -0.4 is 0 Å². The predicted molar refractivity (Wildman–Crippen MR) is 110 cm³/mol. The first kappa shape index (κ1) is 18.0. The Labute approximate surface area is 164 Å². The van der Waals surface area contributed by atoms with Gasteiger partial charge in [0.05, 0.1) is 0 Å². The van der Waals surface area contributed by atoms with Crippen molar-refractivity contribution in [3.63, 3.8) is 0 Å². The van der Waals surface area contributed by atoms with Gasteiger partial charge in [-0.3, -0.25) is 0 Å². The summed E-state index contributed by atoms with van der Waals surface area (Å²) in [7, 11) is 0. The van der Waals surface area contributed by atoms with Crippen LogP contribution in [0.25, 0.3) is 33.4 Å². The number of phenols is 1. The van der Waals surface area contributed by atoms with Gasteiger partial charge >= 0.3 is 0 Å². The van der Waals surface area contributed by atoms with Crippen LogP contribution in [0.15, 0.2) is 103 Å². The lowest BCUT2D eigenvalue weighted by molar-refractivity contribution is 0.477. The van der Waals surface area contributed by atoms with Crippen LogP contribution in [0.5, 0.6) is 5.75 Å². The van der Waals surface area contributed by atoms with E-state index in [4.69, 9.17) is 0 Å². The summed E-state index contributed by atoms with van der Waals surface area (Å²) in [5.41, 5.74) is 6.28. The third-order valence-electron chi connectivity index (χ3n) is 4.39. The largest absolute Gasteiger partial charge is 0.507 e. The van der Waals surface area contributed by atoms with Gasteiger partial charge in [0.2, 0.25) is 0 Å². The van der Waals surface area contributed by atoms with Crippen LogP contribution in [0.1, 0.15) is 0 Å². The molecule has 26 heavy (non-hydrogen) atoms. The molecule has 0 heterocycles. The van der Waals surface area contributed by atoms with Crippen molar-refractivity contribution in [3.05, 3.63) is 103 Å². The number of rotatable bonds is 3. The summed E-state index contributed by atoms with van der Waals surface area (Å²) in [6.07, 6.45) is 0. The number of hydrogen-bond donors (Lipinski definition) is 1. The highest BCUT2D eigenvalue weighted by atomic mass is 27.0. The molecule has 0 saturated heterocycles. The van der Waals surface area contributed by atoms with Crippen molar-refractivity contribution in [1.29, 1.82) is 0 Å². The Morgan fingerprint density at radius 1 is 0.423 bits per heavy atom. The van der Waals surface area contributed by atoms with Crippen LogP contribution in [-0.4, -0.2) is 22.5 Å². The average molecular weight is 349 g/mol. The van der Waals surface area contributed by atoms with E-state index in [1.165, 1.54) is 0 Å². The van der Waals surface area contributed by atoms with Crippen LogP contribution in [0.2, 0.25) is 0 Å². The molecule has 0 aliphatic rings. The molecule has 0 atom stereocenters. The Bertz CT molecular complexity index is 981. The van der Waals surface area contributed by atoms with Crippen molar-refractivity contribution in [2.45, 2.75) is 0 Å². The Hall–Kier alpha value is -2.79. The van der Waals surface area contributed by atoms with Crippen molar-refractivity contribution in [3.8, 4) is 39.1 Å². The number of benzene rings is 4. The molecule has 4 rings (SSSR count). The molecular weight excluding hydrogens is 331 g/mol. The fourth-order valence-electron chi connectivity index (χ4n) is 3.25. The Balaban J connectivity index is 0.00000196. The first-order valence-corrected chi connectivity index (χ1v) is 8.37. The van der Waals surface area contributed by atoms with Crippen molar-refractivity contribution < 1.29 is 5.11 Å². The molecule has 4 aromatic rings. The lowest BCUT2D eigenvalue weighted by Gasteiger charge is -2.17. The minimum atomic E-state index is 0. The average Bonchev–Trinajstić information content (AvgIpc) is 2.70. The minimum Gasteiger partial charge on any atom is -0.507 e. The van der Waals surface area contributed by atoms with Gasteiger partial charge in [0.25, 0.3) is 0 Å². The minimum absolute atomic E-state index is 0. The number of hydrogen-bond acceptors (Lipinski definition) is 1. The molecule has 4 aromatic carbocycles. The second kappa shape index (κ2) is 8.06. The first-order chi connectivity index (χ1) is 12.3. The van der Waals surface area contributed by atoms with Gasteiger partial charge < -0.3 is 5.11 Å². The molecule has 0 spiro atoms. The van der Waals surface area contributed by atoms with E-state index >= 15 is 0 Å². The molecule has 3 radical (unpaired) electrons. The highest BCUT2D eigenvalue weighted by Crippen LogP contribution is 2.44. The Kier molecular flexibility index (Phi) is 5.59. The van der Waals surface area contributed by atoms with Gasteiger partial charge in [-0.05, 0) is 28.3 Å². The van der Waals surface area contributed by atoms with E-state index in [-0.39, 0.29) is 17.4 Å². The van der Waals surface area contributed by atoms with Crippen molar-refractivity contribution in [2.75, 3.05) is 0 Å². The van der Waals surface area contributed by atoms with Gasteiger partial charge in [0, 0.05) is 28.5 Å². The molecule has 0 fully saturated rings. The Morgan fingerprint density at radius 2 is 0.846 bits per heavy atom. The second-order valence-corrected chi connectivity index (χ2v) is 5.98. The van der Waals surface area contributed by atoms with E-state index in [9.17, 15) is 5.11 Å².